The van der Waals surface area contributed by atoms with Crippen molar-refractivity contribution in [3.63, 3.8) is 0 Å². The Morgan fingerprint density at radius 1 is 0.765 bits per heavy atom. The van der Waals surface area contributed by atoms with E-state index in [2.05, 4.69) is 9.97 Å². The van der Waals surface area contributed by atoms with Crippen molar-refractivity contribution in [3.05, 3.63) is 45.7 Å². The summed E-state index contributed by atoms with van der Waals surface area (Å²) >= 11 is 18.4. The Morgan fingerprint density at radius 3 is 2.18 bits per heavy atom. The zero-order valence-electron chi connectivity index (χ0n) is 8.42. The molecule has 0 saturated heterocycles. The molecular weight excluding hydrogens is 279 g/mol. The summed E-state index contributed by atoms with van der Waals surface area (Å²) < 4.78 is 0. The minimum absolute atomic E-state index is 0.528. The van der Waals surface area contributed by atoms with E-state index >= 15 is 0 Å². The molecule has 0 aliphatic heterocycles. The molecule has 1 aromatic carbocycles. The second-order valence-corrected chi connectivity index (χ2v) is 4.79. The van der Waals surface area contributed by atoms with Gasteiger partial charge in [-0.15, -0.1) is 0 Å². The van der Waals surface area contributed by atoms with Gasteiger partial charge >= 0.3 is 0 Å². The van der Waals surface area contributed by atoms with Crippen LogP contribution >= 0.6 is 34.8 Å². The summed E-state index contributed by atoms with van der Waals surface area (Å²) in [6.45, 7) is 0. The van der Waals surface area contributed by atoms with Crippen LogP contribution in [-0.4, -0.2) is 9.97 Å². The van der Waals surface area contributed by atoms with Crippen LogP contribution < -0.4 is 0 Å². The Kier molecular flexibility index (Phi) is 2.58. The molecule has 0 saturated carbocycles. The molecule has 0 aliphatic rings. The molecule has 0 fully saturated rings. The Balaban J connectivity index is 2.65. The van der Waals surface area contributed by atoms with E-state index in [1.807, 2.05) is 0 Å². The van der Waals surface area contributed by atoms with Crippen LogP contribution in [0.4, 0.5) is 0 Å². The quantitative estimate of drug-likeness (QED) is 0.557. The van der Waals surface area contributed by atoms with Gasteiger partial charge in [-0.25, -0.2) is 0 Å². The summed E-state index contributed by atoms with van der Waals surface area (Å²) in [7, 11) is 0. The number of benzene rings is 1. The topological polar surface area (TPSA) is 25.8 Å². The second-order valence-electron chi connectivity index (χ2n) is 3.56. The van der Waals surface area contributed by atoms with Gasteiger partial charge < -0.3 is 0 Å². The molecule has 0 N–H and O–H groups in total. The van der Waals surface area contributed by atoms with E-state index in [1.54, 1.807) is 30.6 Å². The number of pyridine rings is 2. The highest BCUT2D eigenvalue weighted by Crippen LogP contribution is 2.35. The van der Waals surface area contributed by atoms with Crippen LogP contribution in [-0.2, 0) is 0 Å². The molecule has 84 valence electrons. The molecule has 2 heterocycles. The third kappa shape index (κ3) is 1.64. The van der Waals surface area contributed by atoms with Gasteiger partial charge in [-0.2, -0.15) is 0 Å². The van der Waals surface area contributed by atoms with E-state index in [0.717, 1.165) is 5.39 Å². The molecule has 3 rings (SSSR count). The molecule has 0 atom stereocenters. The highest BCUT2D eigenvalue weighted by Gasteiger charge is 2.11. The standard InChI is InChI=1S/C12H5Cl3N2/c13-7-1-3-16-11-6(7)5-9(15)10-8(14)2-4-17-12(10)11/h1-5H. The van der Waals surface area contributed by atoms with Crippen LogP contribution in [0.5, 0.6) is 0 Å². The summed E-state index contributed by atoms with van der Waals surface area (Å²) in [5.74, 6) is 0. The van der Waals surface area contributed by atoms with Crippen LogP contribution in [0.3, 0.4) is 0 Å². The molecule has 2 nitrogen and oxygen atoms in total. The first-order chi connectivity index (χ1) is 8.18. The number of fused-ring (bicyclic) bond motifs is 3. The summed E-state index contributed by atoms with van der Waals surface area (Å²) in [6, 6.07) is 5.19. The lowest BCUT2D eigenvalue weighted by Crippen LogP contribution is -1.87. The second kappa shape index (κ2) is 3.98. The van der Waals surface area contributed by atoms with Gasteiger partial charge in [-0.05, 0) is 18.2 Å². The largest absolute Gasteiger partial charge is 0.254 e. The molecule has 0 spiro atoms. The molecule has 0 bridgehead atoms. The van der Waals surface area contributed by atoms with E-state index in [9.17, 15) is 0 Å². The molecular formula is C12H5Cl3N2. The normalized spacial score (nSPS) is 11.2. The van der Waals surface area contributed by atoms with Crippen molar-refractivity contribution in [1.82, 2.24) is 9.97 Å². The predicted octanol–water partition coefficient (Wildman–Crippen LogP) is 4.74. The van der Waals surface area contributed by atoms with E-state index in [-0.39, 0.29) is 0 Å². The molecule has 0 unspecified atom stereocenters. The van der Waals surface area contributed by atoms with Gasteiger partial charge in [0.25, 0.3) is 0 Å². The molecule has 0 aliphatic carbocycles. The number of hydrogen-bond acceptors (Lipinski definition) is 2. The van der Waals surface area contributed by atoms with Crippen molar-refractivity contribution >= 4 is 56.6 Å². The smallest absolute Gasteiger partial charge is 0.0995 e. The fraction of sp³-hybridized carbons (Fsp3) is 0. The Hall–Kier alpha value is -1.09. The molecule has 0 amide bonds. The number of nitrogens with zero attached hydrogens (tertiary/aromatic N) is 2. The van der Waals surface area contributed by atoms with Crippen LogP contribution in [0.2, 0.25) is 15.1 Å². The maximum atomic E-state index is 6.20. The first kappa shape index (κ1) is 11.0. The van der Waals surface area contributed by atoms with Gasteiger partial charge in [0.1, 0.15) is 0 Å². The first-order valence-corrected chi connectivity index (χ1v) is 5.99. The maximum Gasteiger partial charge on any atom is 0.0995 e. The van der Waals surface area contributed by atoms with Crippen molar-refractivity contribution in [3.8, 4) is 0 Å². The maximum absolute atomic E-state index is 6.20. The molecule has 3 aromatic rings. The molecule has 17 heavy (non-hydrogen) atoms. The van der Waals surface area contributed by atoms with Gasteiger partial charge in [0.2, 0.25) is 0 Å². The Labute approximate surface area is 112 Å². The van der Waals surface area contributed by atoms with Crippen molar-refractivity contribution < 1.29 is 0 Å². The van der Waals surface area contributed by atoms with Gasteiger partial charge in [0, 0.05) is 23.2 Å². The fourth-order valence-corrected chi connectivity index (χ4v) is 2.62. The number of aromatic nitrogens is 2. The van der Waals surface area contributed by atoms with Crippen LogP contribution in [0, 0.1) is 0 Å². The summed E-state index contributed by atoms with van der Waals surface area (Å²) in [4.78, 5) is 8.57. The highest BCUT2D eigenvalue weighted by atomic mass is 35.5. The minimum atomic E-state index is 0.528. The van der Waals surface area contributed by atoms with E-state index in [1.165, 1.54) is 0 Å². The summed E-state index contributed by atoms with van der Waals surface area (Å²) in [5.41, 5.74) is 1.38. The van der Waals surface area contributed by atoms with Gasteiger partial charge in [0.05, 0.1) is 26.1 Å². The molecule has 2 aromatic heterocycles. The Bertz CT molecular complexity index is 740. The van der Waals surface area contributed by atoms with Crippen LogP contribution in [0.25, 0.3) is 21.8 Å². The van der Waals surface area contributed by atoms with E-state index < -0.39 is 0 Å². The van der Waals surface area contributed by atoms with E-state index in [0.29, 0.717) is 31.5 Å². The van der Waals surface area contributed by atoms with Crippen molar-refractivity contribution in [2.75, 3.05) is 0 Å². The van der Waals surface area contributed by atoms with Gasteiger partial charge in [0.15, 0.2) is 0 Å². The van der Waals surface area contributed by atoms with Crippen molar-refractivity contribution in [2.45, 2.75) is 0 Å². The zero-order valence-corrected chi connectivity index (χ0v) is 10.7. The SMILES string of the molecule is Clc1ccnc2c1cc(Cl)c1c(Cl)ccnc12. The van der Waals surface area contributed by atoms with Gasteiger partial charge in [-0.1, -0.05) is 34.8 Å². The number of hydrogen-bond donors (Lipinski definition) is 0. The van der Waals surface area contributed by atoms with Crippen LogP contribution in [0.15, 0.2) is 30.6 Å². The molecule has 5 heteroatoms. The lowest BCUT2D eigenvalue weighted by molar-refractivity contribution is 1.37. The number of rotatable bonds is 0. The molecule has 0 radical (unpaired) electrons. The predicted molar refractivity (Wildman–Crippen MR) is 72.1 cm³/mol. The monoisotopic (exact) mass is 282 g/mol. The number of halogens is 3. The highest BCUT2D eigenvalue weighted by molar-refractivity contribution is 6.44. The lowest BCUT2D eigenvalue weighted by Gasteiger charge is -2.06. The fourth-order valence-electron chi connectivity index (χ4n) is 1.82. The lowest BCUT2D eigenvalue weighted by atomic mass is 10.1. The van der Waals surface area contributed by atoms with E-state index in [4.69, 9.17) is 34.8 Å². The first-order valence-electron chi connectivity index (χ1n) is 4.85. The average Bonchev–Trinajstić information content (AvgIpc) is 2.31. The third-order valence-electron chi connectivity index (χ3n) is 2.57. The summed E-state index contributed by atoms with van der Waals surface area (Å²) in [6.07, 6.45) is 3.27. The van der Waals surface area contributed by atoms with Crippen molar-refractivity contribution in [2.24, 2.45) is 0 Å². The van der Waals surface area contributed by atoms with Crippen molar-refractivity contribution in [1.29, 1.82) is 0 Å². The van der Waals surface area contributed by atoms with Crippen LogP contribution in [0.1, 0.15) is 0 Å². The zero-order chi connectivity index (χ0) is 12.0. The third-order valence-corrected chi connectivity index (χ3v) is 3.51. The minimum Gasteiger partial charge on any atom is -0.254 e. The summed E-state index contributed by atoms with van der Waals surface area (Å²) in [5, 5.41) is 3.17. The Morgan fingerprint density at radius 2 is 1.41 bits per heavy atom. The van der Waals surface area contributed by atoms with Gasteiger partial charge in [-0.3, -0.25) is 9.97 Å². The average molecular weight is 284 g/mol.